The molecule has 1 rings (SSSR count). The molecule has 1 aromatic rings. The zero-order valence-corrected chi connectivity index (χ0v) is 8.66. The number of benzene rings is 1. The second-order valence-corrected chi connectivity index (χ2v) is 3.57. The van der Waals surface area contributed by atoms with Crippen LogP contribution in [-0.2, 0) is 0 Å². The lowest BCUT2D eigenvalue weighted by molar-refractivity contribution is 0.629. The molecule has 0 aliphatic heterocycles. The van der Waals surface area contributed by atoms with Crippen LogP contribution in [-0.4, -0.2) is 6.54 Å². The van der Waals surface area contributed by atoms with Crippen LogP contribution < -0.4 is 11.1 Å². The van der Waals surface area contributed by atoms with Crippen LogP contribution in [0.25, 0.3) is 0 Å². The van der Waals surface area contributed by atoms with Crippen molar-refractivity contribution in [3.63, 3.8) is 0 Å². The molecule has 0 unspecified atom stereocenters. The predicted molar refractivity (Wildman–Crippen MR) is 59.1 cm³/mol. The van der Waals surface area contributed by atoms with E-state index in [1.807, 2.05) is 6.92 Å². The van der Waals surface area contributed by atoms with Crippen LogP contribution in [0.5, 0.6) is 0 Å². The summed E-state index contributed by atoms with van der Waals surface area (Å²) in [4.78, 5) is 0. The lowest BCUT2D eigenvalue weighted by Gasteiger charge is -2.09. The molecule has 3 N–H and O–H groups in total. The van der Waals surface area contributed by atoms with Gasteiger partial charge in [0.1, 0.15) is 5.82 Å². The summed E-state index contributed by atoms with van der Waals surface area (Å²) in [5.41, 5.74) is 7.51. The Morgan fingerprint density at radius 1 is 1.64 bits per heavy atom. The first-order valence-electron chi connectivity index (χ1n) is 4.13. The average Bonchev–Trinajstić information content (AvgIpc) is 2.09. The summed E-state index contributed by atoms with van der Waals surface area (Å²) < 4.78 is 12.9. The third kappa shape index (κ3) is 2.64. The second-order valence-electron chi connectivity index (χ2n) is 3.16. The van der Waals surface area contributed by atoms with Gasteiger partial charge in [0.15, 0.2) is 0 Å². The maximum absolute atomic E-state index is 12.9. The number of hydrogen-bond acceptors (Lipinski definition) is 2. The summed E-state index contributed by atoms with van der Waals surface area (Å²) in [5, 5.41) is 3.06. The highest BCUT2D eigenvalue weighted by Gasteiger charge is 2.05. The van der Waals surface area contributed by atoms with Gasteiger partial charge in [0, 0.05) is 12.6 Å². The van der Waals surface area contributed by atoms with Crippen molar-refractivity contribution in [1.29, 1.82) is 0 Å². The first-order chi connectivity index (χ1) is 6.50. The normalized spacial score (nSPS) is 9.93. The van der Waals surface area contributed by atoms with E-state index in [4.69, 9.17) is 17.3 Å². The number of nitrogens with two attached hydrogens (primary N) is 1. The molecule has 0 spiro atoms. The van der Waals surface area contributed by atoms with Crippen molar-refractivity contribution >= 4 is 23.0 Å². The van der Waals surface area contributed by atoms with Crippen molar-refractivity contribution in [3.8, 4) is 0 Å². The van der Waals surface area contributed by atoms with E-state index in [2.05, 4.69) is 11.9 Å². The molecule has 0 aliphatic rings. The maximum atomic E-state index is 12.9. The number of anilines is 2. The van der Waals surface area contributed by atoms with Gasteiger partial charge in [0.25, 0.3) is 0 Å². The summed E-state index contributed by atoms with van der Waals surface area (Å²) in [6, 6.07) is 2.66. The van der Waals surface area contributed by atoms with E-state index < -0.39 is 5.82 Å². The Morgan fingerprint density at radius 3 is 2.86 bits per heavy atom. The van der Waals surface area contributed by atoms with Crippen molar-refractivity contribution in [2.45, 2.75) is 6.92 Å². The van der Waals surface area contributed by atoms with Gasteiger partial charge in [-0.3, -0.25) is 0 Å². The van der Waals surface area contributed by atoms with E-state index in [0.717, 1.165) is 5.57 Å². The molecular weight excluding hydrogens is 203 g/mol. The van der Waals surface area contributed by atoms with Gasteiger partial charge in [-0.1, -0.05) is 23.8 Å². The van der Waals surface area contributed by atoms with E-state index in [0.29, 0.717) is 17.9 Å². The van der Waals surface area contributed by atoms with Crippen LogP contribution in [0.15, 0.2) is 24.3 Å². The zero-order valence-electron chi connectivity index (χ0n) is 7.90. The second kappa shape index (κ2) is 4.33. The molecule has 0 aliphatic carbocycles. The minimum Gasteiger partial charge on any atom is -0.397 e. The van der Waals surface area contributed by atoms with Gasteiger partial charge in [0.2, 0.25) is 0 Å². The van der Waals surface area contributed by atoms with Crippen molar-refractivity contribution in [3.05, 3.63) is 35.1 Å². The summed E-state index contributed by atoms with van der Waals surface area (Å²) in [7, 11) is 0. The Labute approximate surface area is 87.6 Å². The number of rotatable bonds is 3. The minimum atomic E-state index is -0.509. The molecule has 2 nitrogen and oxygen atoms in total. The molecule has 0 radical (unpaired) electrons. The molecule has 0 heterocycles. The Bertz CT molecular complexity index is 363. The zero-order chi connectivity index (χ0) is 10.7. The Balaban J connectivity index is 2.87. The summed E-state index contributed by atoms with van der Waals surface area (Å²) >= 11 is 5.61. The molecule has 0 amide bonds. The summed E-state index contributed by atoms with van der Waals surface area (Å²) in [5.74, 6) is -0.509. The molecule has 0 fully saturated rings. The SMILES string of the molecule is C=C(C)CNc1cc(Cl)c(F)cc1N. The van der Waals surface area contributed by atoms with Crippen molar-refractivity contribution in [1.82, 2.24) is 0 Å². The van der Waals surface area contributed by atoms with Gasteiger partial charge in [-0.15, -0.1) is 0 Å². The van der Waals surface area contributed by atoms with E-state index in [1.54, 1.807) is 0 Å². The lowest BCUT2D eigenvalue weighted by Crippen LogP contribution is -2.05. The molecule has 0 saturated heterocycles. The quantitative estimate of drug-likeness (QED) is 0.600. The van der Waals surface area contributed by atoms with Gasteiger partial charge in [-0.2, -0.15) is 0 Å². The van der Waals surface area contributed by atoms with Gasteiger partial charge >= 0.3 is 0 Å². The third-order valence-corrected chi connectivity index (χ3v) is 1.96. The van der Waals surface area contributed by atoms with Crippen LogP contribution in [0.1, 0.15) is 6.92 Å². The molecule has 0 bridgehead atoms. The van der Waals surface area contributed by atoms with E-state index >= 15 is 0 Å². The van der Waals surface area contributed by atoms with Crippen molar-refractivity contribution < 1.29 is 4.39 Å². The largest absolute Gasteiger partial charge is 0.397 e. The monoisotopic (exact) mass is 214 g/mol. The van der Waals surface area contributed by atoms with Gasteiger partial charge < -0.3 is 11.1 Å². The van der Waals surface area contributed by atoms with Gasteiger partial charge in [-0.05, 0) is 13.0 Å². The van der Waals surface area contributed by atoms with Crippen molar-refractivity contribution in [2.24, 2.45) is 0 Å². The van der Waals surface area contributed by atoms with Gasteiger partial charge in [0.05, 0.1) is 16.4 Å². The number of hydrogen-bond donors (Lipinski definition) is 2. The highest BCUT2D eigenvalue weighted by atomic mass is 35.5. The van der Waals surface area contributed by atoms with Crippen LogP contribution in [0.2, 0.25) is 5.02 Å². The Morgan fingerprint density at radius 2 is 2.29 bits per heavy atom. The first-order valence-corrected chi connectivity index (χ1v) is 4.51. The predicted octanol–water partition coefficient (Wildman–Crippen LogP) is 3.05. The molecular formula is C10H12ClFN2. The molecule has 0 atom stereocenters. The lowest BCUT2D eigenvalue weighted by atomic mass is 10.2. The van der Waals surface area contributed by atoms with E-state index in [-0.39, 0.29) is 5.02 Å². The van der Waals surface area contributed by atoms with E-state index in [1.165, 1.54) is 12.1 Å². The summed E-state index contributed by atoms with van der Waals surface area (Å²) in [6.45, 7) is 6.20. The molecule has 0 aromatic heterocycles. The van der Waals surface area contributed by atoms with Crippen LogP contribution >= 0.6 is 11.6 Å². The standard InChI is InChI=1S/C10H12ClFN2/c1-6(2)5-14-10-3-7(11)8(12)4-9(10)13/h3-4,14H,1,5,13H2,2H3. The average molecular weight is 215 g/mol. The maximum Gasteiger partial charge on any atom is 0.143 e. The molecule has 1 aromatic carbocycles. The van der Waals surface area contributed by atoms with Gasteiger partial charge in [-0.25, -0.2) is 4.39 Å². The smallest absolute Gasteiger partial charge is 0.143 e. The molecule has 76 valence electrons. The van der Waals surface area contributed by atoms with Crippen LogP contribution in [0.4, 0.5) is 15.8 Å². The number of nitrogen functional groups attached to an aromatic ring is 1. The highest BCUT2D eigenvalue weighted by Crippen LogP contribution is 2.26. The first kappa shape index (κ1) is 10.9. The third-order valence-electron chi connectivity index (χ3n) is 1.67. The fourth-order valence-corrected chi connectivity index (χ4v) is 1.13. The number of halogens is 2. The minimum absolute atomic E-state index is 0.0587. The topological polar surface area (TPSA) is 38.0 Å². The Kier molecular flexibility index (Phi) is 3.36. The van der Waals surface area contributed by atoms with Crippen LogP contribution in [0.3, 0.4) is 0 Å². The fourth-order valence-electron chi connectivity index (χ4n) is 0.961. The van der Waals surface area contributed by atoms with Crippen molar-refractivity contribution in [2.75, 3.05) is 17.6 Å². The molecule has 0 saturated carbocycles. The van der Waals surface area contributed by atoms with E-state index in [9.17, 15) is 4.39 Å². The fraction of sp³-hybridized carbons (Fsp3) is 0.200. The molecule has 14 heavy (non-hydrogen) atoms. The Hall–Kier alpha value is -1.22. The summed E-state index contributed by atoms with van der Waals surface area (Å²) in [6.07, 6.45) is 0. The molecule has 4 heteroatoms. The highest BCUT2D eigenvalue weighted by molar-refractivity contribution is 6.31. The van der Waals surface area contributed by atoms with Crippen LogP contribution in [0, 0.1) is 5.82 Å². The number of nitrogens with one attached hydrogen (secondary N) is 1.